The Balaban J connectivity index is 2.40. The SMILES string of the molecule is CC(C)C[C@@H](NC(=O)CCOc1ccc(C(N)=O)cc1)C(=O)O. The zero-order valence-corrected chi connectivity index (χ0v) is 13.2. The zero-order chi connectivity index (χ0) is 17.4. The van der Waals surface area contributed by atoms with Gasteiger partial charge in [0.15, 0.2) is 0 Å². The number of hydrogen-bond donors (Lipinski definition) is 3. The number of benzene rings is 1. The van der Waals surface area contributed by atoms with Crippen LogP contribution in [0, 0.1) is 5.92 Å². The van der Waals surface area contributed by atoms with Crippen LogP contribution in [0.4, 0.5) is 0 Å². The van der Waals surface area contributed by atoms with Gasteiger partial charge in [0.2, 0.25) is 11.8 Å². The molecule has 0 unspecified atom stereocenters. The van der Waals surface area contributed by atoms with Crippen molar-refractivity contribution in [2.45, 2.75) is 32.7 Å². The summed E-state index contributed by atoms with van der Waals surface area (Å²) < 4.78 is 5.37. The number of primary amides is 1. The fourth-order valence-corrected chi connectivity index (χ4v) is 1.94. The van der Waals surface area contributed by atoms with E-state index in [2.05, 4.69) is 5.32 Å². The lowest BCUT2D eigenvalue weighted by Gasteiger charge is -2.16. The number of aliphatic carboxylic acids is 1. The van der Waals surface area contributed by atoms with Crippen LogP contribution in [0.15, 0.2) is 24.3 Å². The minimum atomic E-state index is -1.05. The Morgan fingerprint density at radius 1 is 1.22 bits per heavy atom. The lowest BCUT2D eigenvalue weighted by atomic mass is 10.0. The van der Waals surface area contributed by atoms with Crippen LogP contribution in [0.1, 0.15) is 37.0 Å². The maximum atomic E-state index is 11.8. The number of nitrogens with one attached hydrogen (secondary N) is 1. The average molecular weight is 322 g/mol. The van der Waals surface area contributed by atoms with E-state index in [9.17, 15) is 14.4 Å². The number of carboxylic acids is 1. The first-order valence-corrected chi connectivity index (χ1v) is 7.34. The summed E-state index contributed by atoms with van der Waals surface area (Å²) in [7, 11) is 0. The summed E-state index contributed by atoms with van der Waals surface area (Å²) in [5.41, 5.74) is 5.50. The smallest absolute Gasteiger partial charge is 0.326 e. The Bertz CT molecular complexity index is 554. The number of nitrogens with two attached hydrogens (primary N) is 1. The molecule has 0 heterocycles. The molecule has 1 rings (SSSR count). The Morgan fingerprint density at radius 3 is 2.30 bits per heavy atom. The number of rotatable bonds is 9. The van der Waals surface area contributed by atoms with Crippen molar-refractivity contribution in [1.82, 2.24) is 5.32 Å². The largest absolute Gasteiger partial charge is 0.493 e. The van der Waals surface area contributed by atoms with E-state index in [0.29, 0.717) is 17.7 Å². The summed E-state index contributed by atoms with van der Waals surface area (Å²) in [6.45, 7) is 3.89. The van der Waals surface area contributed by atoms with Crippen molar-refractivity contribution in [3.63, 3.8) is 0 Å². The van der Waals surface area contributed by atoms with Gasteiger partial charge in [-0.1, -0.05) is 13.8 Å². The Morgan fingerprint density at radius 2 is 1.83 bits per heavy atom. The molecule has 0 aliphatic heterocycles. The number of carbonyl (C=O) groups excluding carboxylic acids is 2. The van der Waals surface area contributed by atoms with Crippen molar-refractivity contribution >= 4 is 17.8 Å². The molecule has 126 valence electrons. The van der Waals surface area contributed by atoms with Gasteiger partial charge < -0.3 is 20.9 Å². The van der Waals surface area contributed by atoms with Gasteiger partial charge in [-0.3, -0.25) is 9.59 Å². The van der Waals surface area contributed by atoms with Crippen LogP contribution in [0.2, 0.25) is 0 Å². The van der Waals surface area contributed by atoms with Gasteiger partial charge in [0.25, 0.3) is 0 Å². The summed E-state index contributed by atoms with van der Waals surface area (Å²) in [6.07, 6.45) is 0.413. The number of ether oxygens (including phenoxy) is 1. The Hall–Kier alpha value is -2.57. The number of hydrogen-bond acceptors (Lipinski definition) is 4. The molecule has 2 amide bonds. The highest BCUT2D eigenvalue weighted by atomic mass is 16.5. The molecule has 4 N–H and O–H groups in total. The van der Waals surface area contributed by atoms with E-state index in [1.165, 1.54) is 12.1 Å². The third-order valence-corrected chi connectivity index (χ3v) is 3.08. The van der Waals surface area contributed by atoms with Gasteiger partial charge in [-0.15, -0.1) is 0 Å². The molecule has 0 aliphatic rings. The summed E-state index contributed by atoms with van der Waals surface area (Å²) in [6, 6.07) is 5.33. The lowest BCUT2D eigenvalue weighted by molar-refractivity contribution is -0.142. The van der Waals surface area contributed by atoms with Gasteiger partial charge in [0.05, 0.1) is 13.0 Å². The van der Waals surface area contributed by atoms with E-state index in [4.69, 9.17) is 15.6 Å². The number of carboxylic acid groups (broad SMARTS) is 1. The van der Waals surface area contributed by atoms with E-state index < -0.39 is 17.9 Å². The summed E-state index contributed by atoms with van der Waals surface area (Å²) >= 11 is 0. The summed E-state index contributed by atoms with van der Waals surface area (Å²) in [4.78, 5) is 33.8. The Kier molecular flexibility index (Phi) is 7.05. The highest BCUT2D eigenvalue weighted by Crippen LogP contribution is 2.12. The monoisotopic (exact) mass is 322 g/mol. The number of carbonyl (C=O) groups is 3. The molecule has 0 aliphatic carbocycles. The summed E-state index contributed by atoms with van der Waals surface area (Å²) in [5, 5.41) is 11.5. The van der Waals surface area contributed by atoms with E-state index in [-0.39, 0.29) is 24.9 Å². The molecule has 0 saturated carbocycles. The van der Waals surface area contributed by atoms with Crippen LogP contribution in [0.25, 0.3) is 0 Å². The minimum Gasteiger partial charge on any atom is -0.493 e. The third kappa shape index (κ3) is 6.82. The van der Waals surface area contributed by atoms with E-state index in [0.717, 1.165) is 0 Å². The lowest BCUT2D eigenvalue weighted by Crippen LogP contribution is -2.42. The molecular formula is C16H22N2O5. The molecule has 0 saturated heterocycles. The second-order valence-electron chi connectivity index (χ2n) is 5.57. The van der Waals surface area contributed by atoms with Gasteiger partial charge >= 0.3 is 5.97 Å². The van der Waals surface area contributed by atoms with Crippen molar-refractivity contribution in [2.75, 3.05) is 6.61 Å². The molecule has 1 aromatic carbocycles. The van der Waals surface area contributed by atoms with E-state index >= 15 is 0 Å². The van der Waals surface area contributed by atoms with Crippen LogP contribution in [-0.2, 0) is 9.59 Å². The van der Waals surface area contributed by atoms with Crippen molar-refractivity contribution in [1.29, 1.82) is 0 Å². The highest BCUT2D eigenvalue weighted by Gasteiger charge is 2.20. The molecule has 7 nitrogen and oxygen atoms in total. The normalized spacial score (nSPS) is 11.8. The van der Waals surface area contributed by atoms with E-state index in [1.807, 2.05) is 13.8 Å². The Labute approximate surface area is 134 Å². The molecular weight excluding hydrogens is 300 g/mol. The topological polar surface area (TPSA) is 119 Å². The fourth-order valence-electron chi connectivity index (χ4n) is 1.94. The molecule has 23 heavy (non-hydrogen) atoms. The molecule has 0 aromatic heterocycles. The van der Waals surface area contributed by atoms with Crippen LogP contribution in [-0.4, -0.2) is 35.5 Å². The predicted octanol–water partition coefficient (Wildman–Crippen LogP) is 1.17. The molecule has 0 spiro atoms. The first kappa shape index (κ1) is 18.5. The van der Waals surface area contributed by atoms with Crippen molar-refractivity contribution in [2.24, 2.45) is 11.7 Å². The van der Waals surface area contributed by atoms with Gasteiger partial charge in [-0.25, -0.2) is 4.79 Å². The van der Waals surface area contributed by atoms with Gasteiger partial charge in [-0.05, 0) is 36.6 Å². The van der Waals surface area contributed by atoms with Gasteiger partial charge in [0.1, 0.15) is 11.8 Å². The quantitative estimate of drug-likeness (QED) is 0.630. The third-order valence-electron chi connectivity index (χ3n) is 3.08. The molecule has 7 heteroatoms. The van der Waals surface area contributed by atoms with Crippen LogP contribution in [0.3, 0.4) is 0 Å². The van der Waals surface area contributed by atoms with Crippen LogP contribution < -0.4 is 15.8 Å². The second kappa shape index (κ2) is 8.77. The van der Waals surface area contributed by atoms with Crippen molar-refractivity contribution in [3.8, 4) is 5.75 Å². The second-order valence-corrected chi connectivity index (χ2v) is 5.57. The molecule has 0 bridgehead atoms. The fraction of sp³-hybridized carbons (Fsp3) is 0.438. The first-order chi connectivity index (χ1) is 10.8. The highest BCUT2D eigenvalue weighted by molar-refractivity contribution is 5.92. The van der Waals surface area contributed by atoms with Crippen LogP contribution >= 0.6 is 0 Å². The van der Waals surface area contributed by atoms with Gasteiger partial charge in [-0.2, -0.15) is 0 Å². The molecule has 1 aromatic rings. The minimum absolute atomic E-state index is 0.0411. The molecule has 0 radical (unpaired) electrons. The predicted molar refractivity (Wildman–Crippen MR) is 84.1 cm³/mol. The number of amides is 2. The summed E-state index contributed by atoms with van der Waals surface area (Å²) in [5.74, 6) is -1.29. The van der Waals surface area contributed by atoms with Gasteiger partial charge in [0, 0.05) is 5.56 Å². The zero-order valence-electron chi connectivity index (χ0n) is 13.2. The maximum absolute atomic E-state index is 11.8. The molecule has 1 atom stereocenters. The van der Waals surface area contributed by atoms with Crippen molar-refractivity contribution in [3.05, 3.63) is 29.8 Å². The molecule has 0 fully saturated rings. The standard InChI is InChI=1S/C16H22N2O5/c1-10(2)9-13(16(21)22)18-14(19)7-8-23-12-5-3-11(4-6-12)15(17)20/h3-6,10,13H,7-9H2,1-2H3,(H2,17,20)(H,18,19)(H,21,22)/t13-/m1/s1. The first-order valence-electron chi connectivity index (χ1n) is 7.34. The average Bonchev–Trinajstić information content (AvgIpc) is 2.46. The van der Waals surface area contributed by atoms with E-state index in [1.54, 1.807) is 12.1 Å². The van der Waals surface area contributed by atoms with Crippen molar-refractivity contribution < 1.29 is 24.2 Å². The van der Waals surface area contributed by atoms with Crippen LogP contribution in [0.5, 0.6) is 5.75 Å². The maximum Gasteiger partial charge on any atom is 0.326 e.